The van der Waals surface area contributed by atoms with Gasteiger partial charge in [0, 0.05) is 18.8 Å². The number of carbonyl (C=O) groups is 1. The second kappa shape index (κ2) is 9.37. The van der Waals surface area contributed by atoms with Crippen LogP contribution in [0.25, 0.3) is 10.8 Å². The Bertz CT molecular complexity index is 1020. The van der Waals surface area contributed by atoms with Crippen molar-refractivity contribution in [2.75, 3.05) is 25.0 Å². The van der Waals surface area contributed by atoms with Crippen LogP contribution in [0.5, 0.6) is 0 Å². The van der Waals surface area contributed by atoms with E-state index < -0.39 is 6.10 Å². The quantitative estimate of drug-likeness (QED) is 0.657. The average Bonchev–Trinajstić information content (AvgIpc) is 2.74. The number of benzene rings is 2. The number of anilines is 1. The molecule has 2 heterocycles. The molecule has 5 nitrogen and oxygen atoms in total. The van der Waals surface area contributed by atoms with Crippen LogP contribution in [0.1, 0.15) is 24.1 Å². The molecule has 5 heteroatoms. The average molecular weight is 404 g/mol. The number of fused-ring (bicyclic) bond motifs is 1. The predicted octanol–water partition coefficient (Wildman–Crippen LogP) is 3.80. The van der Waals surface area contributed by atoms with Crippen LogP contribution in [0.2, 0.25) is 0 Å². The van der Waals surface area contributed by atoms with Crippen molar-refractivity contribution in [2.45, 2.75) is 32.3 Å². The van der Waals surface area contributed by atoms with E-state index in [1.807, 2.05) is 37.3 Å². The number of aliphatic hydroxyl groups excluding tert-OH is 1. The van der Waals surface area contributed by atoms with Crippen LogP contribution in [0.4, 0.5) is 5.82 Å². The van der Waals surface area contributed by atoms with Crippen molar-refractivity contribution in [1.82, 2.24) is 9.88 Å². The van der Waals surface area contributed by atoms with E-state index in [-0.39, 0.29) is 11.8 Å². The van der Waals surface area contributed by atoms with Crippen molar-refractivity contribution in [1.29, 1.82) is 0 Å². The van der Waals surface area contributed by atoms with Gasteiger partial charge in [0.15, 0.2) is 0 Å². The van der Waals surface area contributed by atoms with Crippen molar-refractivity contribution < 1.29 is 9.90 Å². The second-order valence-corrected chi connectivity index (χ2v) is 8.29. The summed E-state index contributed by atoms with van der Waals surface area (Å²) in [5.74, 6) is 0.546. The van der Waals surface area contributed by atoms with E-state index in [4.69, 9.17) is 0 Å². The molecule has 156 valence electrons. The molecule has 1 aliphatic rings. The zero-order valence-electron chi connectivity index (χ0n) is 17.4. The third kappa shape index (κ3) is 5.23. The van der Waals surface area contributed by atoms with Gasteiger partial charge in [-0.15, -0.1) is 0 Å². The molecule has 30 heavy (non-hydrogen) atoms. The number of amides is 1. The Morgan fingerprint density at radius 3 is 2.83 bits per heavy atom. The van der Waals surface area contributed by atoms with Gasteiger partial charge in [-0.05, 0) is 61.2 Å². The largest absolute Gasteiger partial charge is 0.391 e. The molecule has 0 radical (unpaired) electrons. The molecule has 0 saturated carbocycles. The first-order valence-corrected chi connectivity index (χ1v) is 10.7. The number of carbonyl (C=O) groups excluding carboxylic acids is 1. The summed E-state index contributed by atoms with van der Waals surface area (Å²) in [4.78, 5) is 19.3. The summed E-state index contributed by atoms with van der Waals surface area (Å²) in [5.41, 5.74) is 2.02. The maximum atomic E-state index is 12.7. The highest BCUT2D eigenvalue weighted by atomic mass is 16.3. The minimum absolute atomic E-state index is 0.0156. The van der Waals surface area contributed by atoms with E-state index in [2.05, 4.69) is 45.5 Å². The van der Waals surface area contributed by atoms with Crippen LogP contribution in [-0.2, 0) is 11.2 Å². The first-order chi connectivity index (χ1) is 14.6. The third-order valence-electron chi connectivity index (χ3n) is 5.77. The fourth-order valence-corrected chi connectivity index (χ4v) is 4.28. The number of rotatable bonds is 6. The van der Waals surface area contributed by atoms with Gasteiger partial charge in [0.1, 0.15) is 5.82 Å². The summed E-state index contributed by atoms with van der Waals surface area (Å²) in [5, 5.41) is 16.0. The number of aromatic nitrogens is 1. The summed E-state index contributed by atoms with van der Waals surface area (Å²) in [7, 11) is 0. The number of aliphatic hydroxyl groups is 1. The summed E-state index contributed by atoms with van der Waals surface area (Å²) < 4.78 is 0. The van der Waals surface area contributed by atoms with Crippen LogP contribution in [-0.4, -0.2) is 46.6 Å². The van der Waals surface area contributed by atoms with Crippen LogP contribution in [0, 0.1) is 12.8 Å². The molecule has 3 aromatic rings. The highest BCUT2D eigenvalue weighted by Crippen LogP contribution is 2.20. The molecule has 1 aliphatic heterocycles. The summed E-state index contributed by atoms with van der Waals surface area (Å²) in [6.45, 7) is 4.09. The third-order valence-corrected chi connectivity index (χ3v) is 5.77. The lowest BCUT2D eigenvalue weighted by Gasteiger charge is -2.33. The lowest BCUT2D eigenvalue weighted by Crippen LogP contribution is -2.44. The van der Waals surface area contributed by atoms with E-state index in [1.54, 1.807) is 0 Å². The van der Waals surface area contributed by atoms with E-state index in [9.17, 15) is 9.90 Å². The number of nitrogens with one attached hydrogen (secondary N) is 1. The van der Waals surface area contributed by atoms with Crippen molar-refractivity contribution in [3.8, 4) is 0 Å². The van der Waals surface area contributed by atoms with E-state index >= 15 is 0 Å². The second-order valence-electron chi connectivity index (χ2n) is 8.29. The van der Waals surface area contributed by atoms with Crippen LogP contribution in [0.15, 0.2) is 60.7 Å². The van der Waals surface area contributed by atoms with Crippen molar-refractivity contribution in [2.24, 2.45) is 5.92 Å². The Morgan fingerprint density at radius 2 is 2.00 bits per heavy atom. The zero-order chi connectivity index (χ0) is 20.9. The molecule has 1 aromatic heterocycles. The summed E-state index contributed by atoms with van der Waals surface area (Å²) in [6.07, 6.45) is 1.99. The normalized spacial score (nSPS) is 18.3. The van der Waals surface area contributed by atoms with Crippen LogP contribution < -0.4 is 5.32 Å². The van der Waals surface area contributed by atoms with Gasteiger partial charge < -0.3 is 10.4 Å². The standard InChI is InChI=1S/C25H29N3O2/c1-18-6-4-10-24(26-18)27-25(30)22-9-5-13-28(16-22)17-23(29)15-19-11-12-20-7-2-3-8-21(20)14-19/h2-4,6-8,10-12,14,22-23,29H,5,9,13,15-17H2,1H3,(H,26,27,30)/t22-,23+/m0/s1. The van der Waals surface area contributed by atoms with Gasteiger partial charge in [-0.3, -0.25) is 9.69 Å². The van der Waals surface area contributed by atoms with Gasteiger partial charge in [0.05, 0.1) is 12.0 Å². The number of nitrogens with zero attached hydrogens (tertiary/aromatic N) is 2. The van der Waals surface area contributed by atoms with Crippen molar-refractivity contribution in [3.05, 3.63) is 71.9 Å². The molecule has 0 bridgehead atoms. The number of hydrogen-bond acceptors (Lipinski definition) is 4. The Balaban J connectivity index is 1.32. The number of hydrogen-bond donors (Lipinski definition) is 2. The van der Waals surface area contributed by atoms with Gasteiger partial charge >= 0.3 is 0 Å². The number of β-amino-alcohol motifs (C(OH)–C–C–N with tert-alkyl or cyclic N) is 1. The fourth-order valence-electron chi connectivity index (χ4n) is 4.28. The molecule has 0 aliphatic carbocycles. The topological polar surface area (TPSA) is 65.5 Å². The Kier molecular flexibility index (Phi) is 6.41. The minimum Gasteiger partial charge on any atom is -0.391 e. The van der Waals surface area contributed by atoms with Crippen LogP contribution >= 0.6 is 0 Å². The molecule has 2 atom stereocenters. The van der Waals surface area contributed by atoms with E-state index in [0.29, 0.717) is 25.3 Å². The molecule has 2 aromatic carbocycles. The molecule has 1 saturated heterocycles. The first-order valence-electron chi connectivity index (χ1n) is 10.7. The molecule has 2 N–H and O–H groups in total. The lowest BCUT2D eigenvalue weighted by molar-refractivity contribution is -0.121. The number of pyridine rings is 1. The highest BCUT2D eigenvalue weighted by Gasteiger charge is 2.27. The Hall–Kier alpha value is -2.76. The molecule has 1 fully saturated rings. The highest BCUT2D eigenvalue weighted by molar-refractivity contribution is 5.91. The predicted molar refractivity (Wildman–Crippen MR) is 120 cm³/mol. The zero-order valence-corrected chi connectivity index (χ0v) is 17.4. The van der Waals surface area contributed by atoms with Gasteiger partial charge in [0.2, 0.25) is 5.91 Å². The van der Waals surface area contributed by atoms with Gasteiger partial charge in [0.25, 0.3) is 0 Å². The first kappa shape index (κ1) is 20.5. The Labute approximate surface area is 177 Å². The summed E-state index contributed by atoms with van der Waals surface area (Å²) in [6, 6.07) is 20.2. The maximum absolute atomic E-state index is 12.7. The van der Waals surface area contributed by atoms with E-state index in [0.717, 1.165) is 30.6 Å². The number of piperidine rings is 1. The minimum atomic E-state index is -0.452. The molecule has 0 unspecified atom stereocenters. The van der Waals surface area contributed by atoms with Gasteiger partial charge in [-0.1, -0.05) is 48.5 Å². The molecular formula is C25H29N3O2. The lowest BCUT2D eigenvalue weighted by atomic mass is 9.96. The SMILES string of the molecule is Cc1cccc(NC(=O)[C@H]2CCCN(C[C@H](O)Cc3ccc4ccccc4c3)C2)n1. The smallest absolute Gasteiger partial charge is 0.229 e. The molecule has 1 amide bonds. The molecule has 4 rings (SSSR count). The molecular weight excluding hydrogens is 374 g/mol. The van der Waals surface area contributed by atoms with Gasteiger partial charge in [-0.25, -0.2) is 4.98 Å². The maximum Gasteiger partial charge on any atom is 0.229 e. The number of likely N-dealkylation sites (tertiary alicyclic amines) is 1. The summed E-state index contributed by atoms with van der Waals surface area (Å²) >= 11 is 0. The van der Waals surface area contributed by atoms with E-state index in [1.165, 1.54) is 10.8 Å². The monoisotopic (exact) mass is 403 g/mol. The van der Waals surface area contributed by atoms with Crippen LogP contribution in [0.3, 0.4) is 0 Å². The molecule has 0 spiro atoms. The van der Waals surface area contributed by atoms with Crippen molar-refractivity contribution >= 4 is 22.5 Å². The fraction of sp³-hybridized carbons (Fsp3) is 0.360. The number of aryl methyl sites for hydroxylation is 1. The van der Waals surface area contributed by atoms with Gasteiger partial charge in [-0.2, -0.15) is 0 Å². The van der Waals surface area contributed by atoms with Crippen molar-refractivity contribution in [3.63, 3.8) is 0 Å². The Morgan fingerprint density at radius 1 is 1.17 bits per heavy atom.